The molecule has 1 aromatic heterocycles. The summed E-state index contributed by atoms with van der Waals surface area (Å²) in [5, 5.41) is 14.3. The van der Waals surface area contributed by atoms with Crippen molar-refractivity contribution in [2.24, 2.45) is 5.73 Å². The van der Waals surface area contributed by atoms with E-state index in [0.717, 1.165) is 31.2 Å². The SMILES string of the molecule is NC1CCCCC1NC(=O)NCc1ccc(C(=O)O)nc1. The predicted molar refractivity (Wildman–Crippen MR) is 76.8 cm³/mol. The second-order valence-corrected chi connectivity index (χ2v) is 5.24. The number of amides is 2. The van der Waals surface area contributed by atoms with Gasteiger partial charge in [-0.25, -0.2) is 14.6 Å². The van der Waals surface area contributed by atoms with Crippen LogP contribution in [-0.2, 0) is 6.54 Å². The number of rotatable bonds is 4. The molecule has 21 heavy (non-hydrogen) atoms. The Morgan fingerprint density at radius 1 is 1.33 bits per heavy atom. The second-order valence-electron chi connectivity index (χ2n) is 5.24. The molecule has 1 aromatic rings. The van der Waals surface area contributed by atoms with Crippen LogP contribution in [0.5, 0.6) is 0 Å². The Balaban J connectivity index is 1.79. The molecule has 0 aromatic carbocycles. The maximum atomic E-state index is 11.8. The molecule has 7 heteroatoms. The van der Waals surface area contributed by atoms with Crippen LogP contribution in [0.1, 0.15) is 41.7 Å². The van der Waals surface area contributed by atoms with Crippen LogP contribution in [0.3, 0.4) is 0 Å². The molecule has 1 aliphatic rings. The highest BCUT2D eigenvalue weighted by Crippen LogP contribution is 2.16. The van der Waals surface area contributed by atoms with E-state index < -0.39 is 5.97 Å². The van der Waals surface area contributed by atoms with E-state index in [4.69, 9.17) is 10.8 Å². The second kappa shape index (κ2) is 7.03. The summed E-state index contributed by atoms with van der Waals surface area (Å²) >= 11 is 0. The largest absolute Gasteiger partial charge is 0.477 e. The third-order valence-corrected chi connectivity index (χ3v) is 3.63. The normalized spacial score (nSPS) is 21.6. The zero-order valence-electron chi connectivity index (χ0n) is 11.7. The molecule has 0 bridgehead atoms. The van der Waals surface area contributed by atoms with E-state index in [9.17, 15) is 9.59 Å². The minimum Gasteiger partial charge on any atom is -0.477 e. The van der Waals surface area contributed by atoms with Crippen LogP contribution in [0.2, 0.25) is 0 Å². The number of carboxylic acid groups (broad SMARTS) is 1. The summed E-state index contributed by atoms with van der Waals surface area (Å²) in [6.45, 7) is 0.292. The van der Waals surface area contributed by atoms with Crippen molar-refractivity contribution < 1.29 is 14.7 Å². The fourth-order valence-electron chi connectivity index (χ4n) is 2.40. The van der Waals surface area contributed by atoms with Gasteiger partial charge >= 0.3 is 12.0 Å². The topological polar surface area (TPSA) is 117 Å². The minimum absolute atomic E-state index is 0.0148. The summed E-state index contributed by atoms with van der Waals surface area (Å²) in [5.74, 6) is -1.07. The average Bonchev–Trinajstić information content (AvgIpc) is 2.48. The average molecular weight is 292 g/mol. The third-order valence-electron chi connectivity index (χ3n) is 3.63. The van der Waals surface area contributed by atoms with Crippen LogP contribution in [0, 0.1) is 0 Å². The predicted octanol–water partition coefficient (Wildman–Crippen LogP) is 0.849. The van der Waals surface area contributed by atoms with Crippen LogP contribution in [0.15, 0.2) is 18.3 Å². The number of nitrogens with zero attached hydrogens (tertiary/aromatic N) is 1. The van der Waals surface area contributed by atoms with Crippen molar-refractivity contribution in [2.75, 3.05) is 0 Å². The molecular weight excluding hydrogens is 272 g/mol. The molecule has 0 spiro atoms. The zero-order chi connectivity index (χ0) is 15.2. The number of carbonyl (C=O) groups excluding carboxylic acids is 1. The van der Waals surface area contributed by atoms with Gasteiger partial charge in [-0.3, -0.25) is 0 Å². The van der Waals surface area contributed by atoms with Crippen molar-refractivity contribution in [3.05, 3.63) is 29.6 Å². The summed E-state index contributed by atoms with van der Waals surface area (Å²) in [7, 11) is 0. The van der Waals surface area contributed by atoms with Gasteiger partial charge in [0.25, 0.3) is 0 Å². The monoisotopic (exact) mass is 292 g/mol. The smallest absolute Gasteiger partial charge is 0.354 e. The first kappa shape index (κ1) is 15.2. The first-order valence-electron chi connectivity index (χ1n) is 7.04. The maximum Gasteiger partial charge on any atom is 0.354 e. The maximum absolute atomic E-state index is 11.8. The lowest BCUT2D eigenvalue weighted by molar-refractivity contribution is 0.0690. The van der Waals surface area contributed by atoms with Gasteiger partial charge < -0.3 is 21.5 Å². The Kier molecular flexibility index (Phi) is 5.10. The molecule has 2 rings (SSSR count). The minimum atomic E-state index is -1.07. The van der Waals surface area contributed by atoms with E-state index in [2.05, 4.69) is 15.6 Å². The summed E-state index contributed by atoms with van der Waals surface area (Å²) in [5.41, 5.74) is 6.69. The molecule has 0 aliphatic heterocycles. The van der Waals surface area contributed by atoms with Crippen LogP contribution in [-0.4, -0.2) is 34.2 Å². The van der Waals surface area contributed by atoms with E-state index in [-0.39, 0.29) is 23.8 Å². The van der Waals surface area contributed by atoms with Crippen molar-refractivity contribution in [3.8, 4) is 0 Å². The van der Waals surface area contributed by atoms with Crippen LogP contribution >= 0.6 is 0 Å². The van der Waals surface area contributed by atoms with Gasteiger partial charge in [-0.05, 0) is 24.5 Å². The van der Waals surface area contributed by atoms with E-state index in [1.807, 2.05) is 0 Å². The Morgan fingerprint density at radius 2 is 2.10 bits per heavy atom. The Hall–Kier alpha value is -2.15. The molecule has 2 unspecified atom stereocenters. The molecule has 1 saturated carbocycles. The summed E-state index contributed by atoms with van der Waals surface area (Å²) in [4.78, 5) is 26.3. The molecule has 1 fully saturated rings. The Labute approximate surface area is 122 Å². The number of carbonyl (C=O) groups is 2. The van der Waals surface area contributed by atoms with Gasteiger partial charge in [-0.2, -0.15) is 0 Å². The van der Waals surface area contributed by atoms with Gasteiger partial charge in [0.05, 0.1) is 0 Å². The quantitative estimate of drug-likeness (QED) is 0.656. The van der Waals surface area contributed by atoms with Crippen molar-refractivity contribution >= 4 is 12.0 Å². The molecule has 2 amide bonds. The lowest BCUT2D eigenvalue weighted by Crippen LogP contribution is -2.52. The first-order valence-corrected chi connectivity index (χ1v) is 7.04. The molecule has 5 N–H and O–H groups in total. The molecule has 1 aliphatic carbocycles. The Morgan fingerprint density at radius 3 is 2.71 bits per heavy atom. The number of urea groups is 1. The molecule has 7 nitrogen and oxygen atoms in total. The molecule has 1 heterocycles. The van der Waals surface area contributed by atoms with Crippen LogP contribution in [0.25, 0.3) is 0 Å². The van der Waals surface area contributed by atoms with E-state index in [0.29, 0.717) is 6.54 Å². The number of pyridine rings is 1. The number of hydrogen-bond acceptors (Lipinski definition) is 4. The summed E-state index contributed by atoms with van der Waals surface area (Å²) in [6, 6.07) is 2.81. The van der Waals surface area contributed by atoms with Gasteiger partial charge in [0, 0.05) is 24.8 Å². The number of hydrogen-bond donors (Lipinski definition) is 4. The molecule has 0 saturated heterocycles. The fraction of sp³-hybridized carbons (Fsp3) is 0.500. The van der Waals surface area contributed by atoms with Gasteiger partial charge in [-0.15, -0.1) is 0 Å². The number of nitrogens with two attached hydrogens (primary N) is 1. The van der Waals surface area contributed by atoms with Gasteiger partial charge in [-0.1, -0.05) is 18.9 Å². The fourth-order valence-corrected chi connectivity index (χ4v) is 2.40. The number of aromatic carboxylic acids is 1. The van der Waals surface area contributed by atoms with Gasteiger partial charge in [0.15, 0.2) is 0 Å². The van der Waals surface area contributed by atoms with E-state index >= 15 is 0 Å². The lowest BCUT2D eigenvalue weighted by Gasteiger charge is -2.29. The highest BCUT2D eigenvalue weighted by atomic mass is 16.4. The number of carboxylic acids is 1. The third kappa shape index (κ3) is 4.42. The highest BCUT2D eigenvalue weighted by Gasteiger charge is 2.22. The van der Waals surface area contributed by atoms with Crippen molar-refractivity contribution in [3.63, 3.8) is 0 Å². The summed E-state index contributed by atoms with van der Waals surface area (Å²) in [6.07, 6.45) is 5.48. The number of aromatic nitrogens is 1. The molecule has 2 atom stereocenters. The zero-order valence-corrected chi connectivity index (χ0v) is 11.7. The molecule has 0 radical (unpaired) electrons. The standard InChI is InChI=1S/C14H20N4O3/c15-10-3-1-2-4-11(10)18-14(21)17-8-9-5-6-12(13(19)20)16-7-9/h5-7,10-11H,1-4,8,15H2,(H,19,20)(H2,17,18,21). The van der Waals surface area contributed by atoms with E-state index in [1.54, 1.807) is 6.07 Å². The first-order chi connectivity index (χ1) is 10.1. The molecule has 114 valence electrons. The highest BCUT2D eigenvalue weighted by molar-refractivity contribution is 5.85. The van der Waals surface area contributed by atoms with E-state index in [1.165, 1.54) is 12.3 Å². The van der Waals surface area contributed by atoms with Gasteiger partial charge in [0.1, 0.15) is 5.69 Å². The van der Waals surface area contributed by atoms with Gasteiger partial charge in [0.2, 0.25) is 0 Å². The Bertz CT molecular complexity index is 503. The number of nitrogens with one attached hydrogen (secondary N) is 2. The van der Waals surface area contributed by atoms with Crippen LogP contribution in [0.4, 0.5) is 4.79 Å². The van der Waals surface area contributed by atoms with Crippen LogP contribution < -0.4 is 16.4 Å². The molecular formula is C14H20N4O3. The van der Waals surface area contributed by atoms with Crippen molar-refractivity contribution in [1.29, 1.82) is 0 Å². The summed E-state index contributed by atoms with van der Waals surface area (Å²) < 4.78 is 0. The van der Waals surface area contributed by atoms with Crippen molar-refractivity contribution in [2.45, 2.75) is 44.3 Å². The van der Waals surface area contributed by atoms with Crippen molar-refractivity contribution in [1.82, 2.24) is 15.6 Å². The lowest BCUT2D eigenvalue weighted by atomic mass is 9.91.